The lowest BCUT2D eigenvalue weighted by Gasteiger charge is -2.27. The second-order valence-corrected chi connectivity index (χ2v) is 5.69. The van der Waals surface area contributed by atoms with Gasteiger partial charge >= 0.3 is 0 Å². The van der Waals surface area contributed by atoms with Crippen molar-refractivity contribution in [2.75, 3.05) is 20.4 Å². The van der Waals surface area contributed by atoms with E-state index in [4.69, 9.17) is 15.2 Å². The van der Waals surface area contributed by atoms with Gasteiger partial charge < -0.3 is 15.2 Å². The monoisotopic (exact) mass is 290 g/mol. The van der Waals surface area contributed by atoms with Crippen LogP contribution in [0.1, 0.15) is 17.2 Å². The molecule has 0 radical (unpaired) electrons. The number of rotatable bonds is 5. The van der Waals surface area contributed by atoms with Crippen LogP contribution in [0, 0.1) is 0 Å². The van der Waals surface area contributed by atoms with Gasteiger partial charge in [0.25, 0.3) is 0 Å². The molecule has 1 aliphatic rings. The molecule has 0 saturated heterocycles. The van der Waals surface area contributed by atoms with Gasteiger partial charge in [0, 0.05) is 19.1 Å². The Morgan fingerprint density at radius 1 is 1.30 bits per heavy atom. The van der Waals surface area contributed by atoms with Crippen molar-refractivity contribution in [3.05, 3.63) is 46.2 Å². The normalized spacial score (nSPS) is 14.8. The Bertz CT molecular complexity index is 571. The van der Waals surface area contributed by atoms with E-state index in [0.29, 0.717) is 13.3 Å². The smallest absolute Gasteiger partial charge is 0.231 e. The Hall–Kier alpha value is -1.56. The summed E-state index contributed by atoms with van der Waals surface area (Å²) in [5.74, 6) is 1.62. The highest BCUT2D eigenvalue weighted by Crippen LogP contribution is 2.35. The van der Waals surface area contributed by atoms with Crippen LogP contribution in [0.15, 0.2) is 35.0 Å². The van der Waals surface area contributed by atoms with E-state index in [1.807, 2.05) is 12.1 Å². The van der Waals surface area contributed by atoms with E-state index in [1.165, 1.54) is 5.56 Å². The van der Waals surface area contributed by atoms with Gasteiger partial charge in [0.05, 0.1) is 0 Å². The second-order valence-electron chi connectivity index (χ2n) is 4.91. The summed E-state index contributed by atoms with van der Waals surface area (Å²) in [4.78, 5) is 2.26. The summed E-state index contributed by atoms with van der Waals surface area (Å²) >= 11 is 1.72. The predicted molar refractivity (Wildman–Crippen MR) is 80.1 cm³/mol. The molecular weight excluding hydrogens is 272 g/mol. The quantitative estimate of drug-likeness (QED) is 0.919. The number of thiophene rings is 1. The highest BCUT2D eigenvalue weighted by atomic mass is 32.1. The van der Waals surface area contributed by atoms with Gasteiger partial charge in [0.15, 0.2) is 11.5 Å². The van der Waals surface area contributed by atoms with Crippen molar-refractivity contribution in [3.8, 4) is 11.5 Å². The van der Waals surface area contributed by atoms with Crippen LogP contribution in [0.25, 0.3) is 0 Å². The minimum absolute atomic E-state index is 0.171. The highest BCUT2D eigenvalue weighted by molar-refractivity contribution is 7.07. The average molecular weight is 290 g/mol. The van der Waals surface area contributed by atoms with Crippen LogP contribution in [-0.2, 0) is 6.54 Å². The van der Waals surface area contributed by atoms with Gasteiger partial charge in [-0.25, -0.2) is 0 Å². The minimum atomic E-state index is 0.171. The molecule has 2 heterocycles. The van der Waals surface area contributed by atoms with Gasteiger partial charge in [0.2, 0.25) is 6.79 Å². The molecule has 20 heavy (non-hydrogen) atoms. The molecule has 0 fully saturated rings. The highest BCUT2D eigenvalue weighted by Gasteiger charge is 2.20. The van der Waals surface area contributed by atoms with Crippen LogP contribution in [-0.4, -0.2) is 25.3 Å². The fourth-order valence-corrected chi connectivity index (χ4v) is 3.13. The van der Waals surface area contributed by atoms with Gasteiger partial charge in [-0.1, -0.05) is 6.07 Å². The molecule has 1 atom stereocenters. The maximum atomic E-state index is 5.97. The van der Waals surface area contributed by atoms with Crippen LogP contribution in [0.4, 0.5) is 0 Å². The number of ether oxygens (including phenoxy) is 2. The summed E-state index contributed by atoms with van der Waals surface area (Å²) < 4.78 is 10.8. The van der Waals surface area contributed by atoms with E-state index < -0.39 is 0 Å². The molecule has 0 bridgehead atoms. The molecule has 1 unspecified atom stereocenters. The van der Waals surface area contributed by atoms with Gasteiger partial charge in [-0.15, -0.1) is 0 Å². The van der Waals surface area contributed by atoms with Crippen LogP contribution in [0.2, 0.25) is 0 Å². The van der Waals surface area contributed by atoms with Crippen LogP contribution >= 0.6 is 11.3 Å². The number of nitrogens with zero attached hydrogens (tertiary/aromatic N) is 1. The Morgan fingerprint density at radius 3 is 2.90 bits per heavy atom. The minimum Gasteiger partial charge on any atom is -0.454 e. The van der Waals surface area contributed by atoms with Crippen molar-refractivity contribution in [1.29, 1.82) is 0 Å². The van der Waals surface area contributed by atoms with E-state index in [9.17, 15) is 0 Å². The molecule has 1 aromatic carbocycles. The molecular formula is C15H18N2O2S. The molecule has 3 rings (SSSR count). The Kier molecular flexibility index (Phi) is 3.91. The van der Waals surface area contributed by atoms with Crippen LogP contribution in [0.5, 0.6) is 11.5 Å². The van der Waals surface area contributed by atoms with Crippen molar-refractivity contribution >= 4 is 11.3 Å². The third-order valence-corrected chi connectivity index (χ3v) is 4.28. The molecule has 4 nitrogen and oxygen atoms in total. The van der Waals surface area contributed by atoms with Crippen molar-refractivity contribution in [2.45, 2.75) is 12.6 Å². The fraction of sp³-hybridized carbons (Fsp3) is 0.333. The van der Waals surface area contributed by atoms with Crippen LogP contribution in [0.3, 0.4) is 0 Å². The summed E-state index contributed by atoms with van der Waals surface area (Å²) in [5, 5.41) is 4.27. The van der Waals surface area contributed by atoms with Crippen molar-refractivity contribution in [3.63, 3.8) is 0 Å². The first-order valence-electron chi connectivity index (χ1n) is 6.59. The third-order valence-electron chi connectivity index (χ3n) is 3.55. The summed E-state index contributed by atoms with van der Waals surface area (Å²) in [5.41, 5.74) is 8.45. The third kappa shape index (κ3) is 2.65. The Labute approximate surface area is 122 Å². The van der Waals surface area contributed by atoms with E-state index in [-0.39, 0.29) is 6.04 Å². The molecule has 0 amide bonds. The lowest BCUT2D eigenvalue weighted by Crippen LogP contribution is -2.30. The average Bonchev–Trinajstić information content (AvgIpc) is 3.09. The molecule has 2 aromatic rings. The van der Waals surface area contributed by atoms with Crippen LogP contribution < -0.4 is 15.2 Å². The van der Waals surface area contributed by atoms with Gasteiger partial charge in [-0.05, 0) is 47.1 Å². The largest absolute Gasteiger partial charge is 0.454 e. The van der Waals surface area contributed by atoms with Crippen molar-refractivity contribution in [1.82, 2.24) is 4.90 Å². The molecule has 0 saturated carbocycles. The topological polar surface area (TPSA) is 47.7 Å². The first-order valence-corrected chi connectivity index (χ1v) is 7.53. The van der Waals surface area contributed by atoms with Crippen molar-refractivity contribution < 1.29 is 9.47 Å². The van der Waals surface area contributed by atoms with E-state index in [1.54, 1.807) is 11.3 Å². The standard InChI is InChI=1S/C15H18N2O2S/c1-17(8-11-4-5-20-9-11)13(7-16)12-2-3-14-15(6-12)19-10-18-14/h2-6,9,13H,7-8,10,16H2,1H3. The molecule has 106 valence electrons. The first-order chi connectivity index (χ1) is 9.78. The Morgan fingerprint density at radius 2 is 2.15 bits per heavy atom. The zero-order chi connectivity index (χ0) is 13.9. The molecule has 1 aliphatic heterocycles. The van der Waals surface area contributed by atoms with E-state index in [0.717, 1.165) is 23.6 Å². The zero-order valence-electron chi connectivity index (χ0n) is 11.4. The van der Waals surface area contributed by atoms with Gasteiger partial charge in [-0.2, -0.15) is 11.3 Å². The summed E-state index contributed by atoms with van der Waals surface area (Å²) in [6, 6.07) is 8.37. The predicted octanol–water partition coefficient (Wildman–Crippen LogP) is 2.61. The van der Waals surface area contributed by atoms with Gasteiger partial charge in [-0.3, -0.25) is 4.90 Å². The number of benzene rings is 1. The van der Waals surface area contributed by atoms with E-state index in [2.05, 4.69) is 34.8 Å². The number of likely N-dealkylation sites (N-methyl/N-ethyl adjacent to an activating group) is 1. The summed E-state index contributed by atoms with van der Waals surface area (Å²) in [6.45, 7) is 1.76. The molecule has 2 N–H and O–H groups in total. The Balaban J connectivity index is 1.78. The number of nitrogens with two attached hydrogens (primary N) is 1. The molecule has 5 heteroatoms. The maximum absolute atomic E-state index is 5.97. The number of fused-ring (bicyclic) bond motifs is 1. The van der Waals surface area contributed by atoms with E-state index >= 15 is 0 Å². The number of hydrogen-bond acceptors (Lipinski definition) is 5. The summed E-state index contributed by atoms with van der Waals surface area (Å²) in [6.07, 6.45) is 0. The number of hydrogen-bond donors (Lipinski definition) is 1. The molecule has 0 spiro atoms. The van der Waals surface area contributed by atoms with Crippen molar-refractivity contribution in [2.24, 2.45) is 5.73 Å². The maximum Gasteiger partial charge on any atom is 0.231 e. The fourth-order valence-electron chi connectivity index (χ4n) is 2.47. The lowest BCUT2D eigenvalue weighted by molar-refractivity contribution is 0.173. The molecule has 0 aliphatic carbocycles. The SMILES string of the molecule is CN(Cc1ccsc1)C(CN)c1ccc2c(c1)OCO2. The zero-order valence-corrected chi connectivity index (χ0v) is 12.2. The lowest BCUT2D eigenvalue weighted by atomic mass is 10.0. The second kappa shape index (κ2) is 5.83. The molecule has 1 aromatic heterocycles. The summed E-state index contributed by atoms with van der Waals surface area (Å²) in [7, 11) is 2.10. The van der Waals surface area contributed by atoms with Gasteiger partial charge in [0.1, 0.15) is 0 Å². The first kappa shape index (κ1) is 13.4.